The van der Waals surface area contributed by atoms with Gasteiger partial charge in [-0.3, -0.25) is 4.98 Å². The molecule has 1 heterocycles. The van der Waals surface area contributed by atoms with Gasteiger partial charge in [0.15, 0.2) is 0 Å². The third-order valence-corrected chi connectivity index (χ3v) is 2.87. The van der Waals surface area contributed by atoms with E-state index in [1.807, 2.05) is 6.07 Å². The van der Waals surface area contributed by atoms with Crippen molar-refractivity contribution in [1.29, 1.82) is 0 Å². The summed E-state index contributed by atoms with van der Waals surface area (Å²) >= 11 is 0. The van der Waals surface area contributed by atoms with Gasteiger partial charge in [-0.25, -0.2) is 0 Å². The number of benzene rings is 1. The average molecular weight is 227 g/mol. The second-order valence-electron chi connectivity index (χ2n) is 4.36. The summed E-state index contributed by atoms with van der Waals surface area (Å²) < 4.78 is 5.34. The maximum absolute atomic E-state index is 5.34. The van der Waals surface area contributed by atoms with E-state index in [1.54, 1.807) is 19.5 Å². The first-order valence-corrected chi connectivity index (χ1v) is 5.80. The Labute approximate surface area is 102 Å². The van der Waals surface area contributed by atoms with Crippen molar-refractivity contribution >= 4 is 0 Å². The van der Waals surface area contributed by atoms with Gasteiger partial charge < -0.3 is 4.74 Å². The zero-order valence-electron chi connectivity index (χ0n) is 10.5. The van der Waals surface area contributed by atoms with Crippen molar-refractivity contribution in [3.05, 3.63) is 48.3 Å². The van der Waals surface area contributed by atoms with Crippen LogP contribution in [0.5, 0.6) is 5.75 Å². The second kappa shape index (κ2) is 5.00. The summed E-state index contributed by atoms with van der Waals surface area (Å²) in [5.74, 6) is 1.34. The van der Waals surface area contributed by atoms with Gasteiger partial charge in [-0.05, 0) is 23.1 Å². The van der Waals surface area contributed by atoms with Gasteiger partial charge in [0, 0.05) is 11.8 Å². The quantitative estimate of drug-likeness (QED) is 0.793. The zero-order valence-corrected chi connectivity index (χ0v) is 10.5. The van der Waals surface area contributed by atoms with Crippen LogP contribution in [0.1, 0.15) is 25.3 Å². The van der Waals surface area contributed by atoms with Crippen molar-refractivity contribution in [1.82, 2.24) is 4.98 Å². The van der Waals surface area contributed by atoms with Crippen molar-refractivity contribution < 1.29 is 4.74 Å². The Hall–Kier alpha value is -1.83. The normalized spacial score (nSPS) is 10.6. The Morgan fingerprint density at radius 3 is 2.71 bits per heavy atom. The molecule has 2 heteroatoms. The molecular weight excluding hydrogens is 210 g/mol. The van der Waals surface area contributed by atoms with Crippen molar-refractivity contribution in [2.24, 2.45) is 0 Å². The first-order chi connectivity index (χ1) is 8.22. The molecule has 0 fully saturated rings. The van der Waals surface area contributed by atoms with Gasteiger partial charge >= 0.3 is 0 Å². The van der Waals surface area contributed by atoms with Gasteiger partial charge in [0.25, 0.3) is 0 Å². The molecule has 1 aromatic carbocycles. The monoisotopic (exact) mass is 227 g/mol. The average Bonchev–Trinajstić information content (AvgIpc) is 2.39. The van der Waals surface area contributed by atoms with E-state index in [-0.39, 0.29) is 0 Å². The molecule has 1 aromatic heterocycles. The molecule has 2 aromatic rings. The Morgan fingerprint density at radius 1 is 1.18 bits per heavy atom. The van der Waals surface area contributed by atoms with Crippen LogP contribution >= 0.6 is 0 Å². The summed E-state index contributed by atoms with van der Waals surface area (Å²) in [7, 11) is 1.67. The van der Waals surface area contributed by atoms with Crippen LogP contribution in [0.2, 0.25) is 0 Å². The highest BCUT2D eigenvalue weighted by atomic mass is 16.5. The fourth-order valence-corrected chi connectivity index (χ4v) is 1.85. The minimum atomic E-state index is 0.530. The van der Waals surface area contributed by atoms with Crippen molar-refractivity contribution in [2.75, 3.05) is 7.11 Å². The summed E-state index contributed by atoms with van der Waals surface area (Å²) in [5, 5.41) is 0. The lowest BCUT2D eigenvalue weighted by molar-refractivity contribution is 0.414. The van der Waals surface area contributed by atoms with Gasteiger partial charge in [-0.1, -0.05) is 38.1 Å². The van der Waals surface area contributed by atoms with Crippen molar-refractivity contribution in [3.63, 3.8) is 0 Å². The molecular formula is C15H17NO. The first-order valence-electron chi connectivity index (χ1n) is 5.80. The topological polar surface area (TPSA) is 22.1 Å². The number of aromatic nitrogens is 1. The van der Waals surface area contributed by atoms with E-state index in [0.717, 1.165) is 11.3 Å². The fraction of sp³-hybridized carbons (Fsp3) is 0.267. The fourth-order valence-electron chi connectivity index (χ4n) is 1.85. The molecule has 0 aliphatic heterocycles. The molecule has 88 valence electrons. The Bertz CT molecular complexity index is 506. The number of methoxy groups -OCH3 is 1. The molecule has 0 radical (unpaired) electrons. The maximum atomic E-state index is 5.34. The van der Waals surface area contributed by atoms with Gasteiger partial charge in [-0.15, -0.1) is 0 Å². The number of hydrogen-bond acceptors (Lipinski definition) is 2. The zero-order chi connectivity index (χ0) is 12.3. The van der Waals surface area contributed by atoms with Crippen LogP contribution in [0.3, 0.4) is 0 Å². The highest BCUT2D eigenvalue weighted by Gasteiger charge is 2.07. The van der Waals surface area contributed by atoms with E-state index < -0.39 is 0 Å². The largest absolute Gasteiger partial charge is 0.494 e. The molecule has 0 bridgehead atoms. The Morgan fingerprint density at radius 2 is 2.00 bits per heavy atom. The SMILES string of the molecule is COc1cnccc1-c1cccc(C(C)C)c1. The molecule has 2 nitrogen and oxygen atoms in total. The molecule has 0 atom stereocenters. The van der Waals surface area contributed by atoms with Crippen LogP contribution in [-0.2, 0) is 0 Å². The molecule has 0 saturated carbocycles. The summed E-state index contributed by atoms with van der Waals surface area (Å²) in [4.78, 5) is 4.07. The van der Waals surface area contributed by atoms with Crippen molar-refractivity contribution in [3.8, 4) is 16.9 Å². The van der Waals surface area contributed by atoms with Gasteiger partial charge in [-0.2, -0.15) is 0 Å². The Kier molecular flexibility index (Phi) is 3.43. The molecule has 0 aliphatic rings. The lowest BCUT2D eigenvalue weighted by Crippen LogP contribution is -1.91. The summed E-state index contributed by atoms with van der Waals surface area (Å²) in [5.41, 5.74) is 3.60. The van der Waals surface area contributed by atoms with Gasteiger partial charge in [0.2, 0.25) is 0 Å². The lowest BCUT2D eigenvalue weighted by Gasteiger charge is -2.10. The predicted octanol–water partition coefficient (Wildman–Crippen LogP) is 3.88. The van der Waals surface area contributed by atoms with Gasteiger partial charge in [0.1, 0.15) is 5.75 Å². The highest BCUT2D eigenvalue weighted by molar-refractivity contribution is 5.70. The van der Waals surface area contributed by atoms with E-state index >= 15 is 0 Å². The number of nitrogens with zero attached hydrogens (tertiary/aromatic N) is 1. The second-order valence-corrected chi connectivity index (χ2v) is 4.36. The third kappa shape index (κ3) is 2.47. The van der Waals surface area contributed by atoms with E-state index in [0.29, 0.717) is 5.92 Å². The smallest absolute Gasteiger partial charge is 0.144 e. The summed E-state index contributed by atoms with van der Waals surface area (Å²) in [6, 6.07) is 10.5. The van der Waals surface area contributed by atoms with Crippen molar-refractivity contribution in [2.45, 2.75) is 19.8 Å². The predicted molar refractivity (Wildman–Crippen MR) is 70.3 cm³/mol. The molecule has 0 spiro atoms. The Balaban J connectivity index is 2.49. The van der Waals surface area contributed by atoms with Gasteiger partial charge in [0.05, 0.1) is 13.3 Å². The molecule has 0 amide bonds. The van der Waals surface area contributed by atoms with Crippen LogP contribution in [0, 0.1) is 0 Å². The van der Waals surface area contributed by atoms with Crippen LogP contribution in [0.4, 0.5) is 0 Å². The third-order valence-electron chi connectivity index (χ3n) is 2.87. The van der Waals surface area contributed by atoms with Crippen LogP contribution < -0.4 is 4.74 Å². The molecule has 2 rings (SSSR count). The molecule has 0 aliphatic carbocycles. The van der Waals surface area contributed by atoms with Crippen LogP contribution in [0.25, 0.3) is 11.1 Å². The number of hydrogen-bond donors (Lipinski definition) is 0. The molecule has 17 heavy (non-hydrogen) atoms. The highest BCUT2D eigenvalue weighted by Crippen LogP contribution is 2.30. The summed E-state index contributed by atoms with van der Waals surface area (Å²) in [6.45, 7) is 4.39. The number of rotatable bonds is 3. The minimum absolute atomic E-state index is 0.530. The first kappa shape index (κ1) is 11.6. The van der Waals surface area contributed by atoms with E-state index in [1.165, 1.54) is 11.1 Å². The standard InChI is InChI=1S/C15H17NO/c1-11(2)12-5-4-6-13(9-12)14-7-8-16-10-15(14)17-3/h4-11H,1-3H3. The van der Waals surface area contributed by atoms with Crippen LogP contribution in [0.15, 0.2) is 42.7 Å². The molecule has 0 saturated heterocycles. The maximum Gasteiger partial charge on any atom is 0.144 e. The minimum Gasteiger partial charge on any atom is -0.494 e. The van der Waals surface area contributed by atoms with E-state index in [4.69, 9.17) is 4.74 Å². The van der Waals surface area contributed by atoms with Crippen LogP contribution in [-0.4, -0.2) is 12.1 Å². The number of pyridine rings is 1. The summed E-state index contributed by atoms with van der Waals surface area (Å²) in [6.07, 6.45) is 3.54. The van der Waals surface area contributed by atoms with E-state index in [9.17, 15) is 0 Å². The molecule has 0 N–H and O–H groups in total. The van der Waals surface area contributed by atoms with E-state index in [2.05, 4.69) is 43.1 Å². The number of ether oxygens (including phenoxy) is 1. The lowest BCUT2D eigenvalue weighted by atomic mass is 9.97. The molecule has 0 unspecified atom stereocenters.